The number of hydrogen-bond donors (Lipinski definition) is 0. The summed E-state index contributed by atoms with van der Waals surface area (Å²) in [5, 5.41) is 0.313. The molecule has 3 aromatic carbocycles. The summed E-state index contributed by atoms with van der Waals surface area (Å²) < 4.78 is 5.22. The number of imide groups is 1. The first kappa shape index (κ1) is 21.6. The van der Waals surface area contributed by atoms with Gasteiger partial charge in [0.1, 0.15) is 11.8 Å². The molecule has 2 amide bonds. The topological polar surface area (TPSA) is 66.9 Å². The molecule has 0 aliphatic carbocycles. The maximum absolute atomic E-state index is 13.9. The molecule has 2 fully saturated rings. The number of Topliss-reactive ketones (excluding diaryl/α,β-unsaturated/α-hetero) is 1. The maximum atomic E-state index is 13.9. The van der Waals surface area contributed by atoms with Gasteiger partial charge in [-0.3, -0.25) is 14.4 Å². The average Bonchev–Trinajstić information content (AvgIpc) is 3.36. The van der Waals surface area contributed by atoms with Crippen molar-refractivity contribution in [1.82, 2.24) is 4.90 Å². The van der Waals surface area contributed by atoms with Crippen molar-refractivity contribution < 1.29 is 19.1 Å². The lowest BCUT2D eigenvalue weighted by molar-refractivity contribution is -0.123. The van der Waals surface area contributed by atoms with Crippen molar-refractivity contribution in [2.75, 3.05) is 12.0 Å². The van der Waals surface area contributed by atoms with Gasteiger partial charge in [-0.25, -0.2) is 4.90 Å². The summed E-state index contributed by atoms with van der Waals surface area (Å²) in [5.41, 5.74) is 2.71. The Morgan fingerprint density at radius 1 is 0.886 bits per heavy atom. The first-order valence-electron chi connectivity index (χ1n) is 11.4. The number of halogens is 1. The van der Waals surface area contributed by atoms with Crippen LogP contribution in [0.3, 0.4) is 0 Å². The van der Waals surface area contributed by atoms with Crippen LogP contribution in [0.1, 0.15) is 27.5 Å². The van der Waals surface area contributed by atoms with E-state index in [0.717, 1.165) is 11.1 Å². The molecule has 3 heterocycles. The number of carbonyl (C=O) groups excluding carboxylic acids is 3. The van der Waals surface area contributed by atoms with Crippen molar-refractivity contribution in [3.63, 3.8) is 0 Å². The molecule has 0 spiro atoms. The van der Waals surface area contributed by atoms with E-state index in [9.17, 15) is 14.4 Å². The highest BCUT2D eigenvalue weighted by Crippen LogP contribution is 2.54. The quantitative estimate of drug-likeness (QED) is 0.395. The van der Waals surface area contributed by atoms with Gasteiger partial charge in [0, 0.05) is 11.8 Å². The number of amides is 2. The van der Waals surface area contributed by atoms with Gasteiger partial charge < -0.3 is 9.64 Å². The van der Waals surface area contributed by atoms with E-state index >= 15 is 0 Å². The molecule has 7 heteroatoms. The number of fused-ring (bicyclic) bond motifs is 5. The SMILES string of the molecule is COc1ccc(C(=O)[C@H]2[C@H]3C(=O)N(c4ccccc4Cl)C(=O)[C@@H]3[C@H]3c4ccccc4C=CN32)cc1. The number of ketones is 1. The fraction of sp³-hybridized carbons (Fsp3) is 0.179. The second kappa shape index (κ2) is 8.10. The van der Waals surface area contributed by atoms with Gasteiger partial charge in [-0.15, -0.1) is 0 Å². The Bertz CT molecular complexity index is 1400. The first-order chi connectivity index (χ1) is 17.0. The second-order valence-corrected chi connectivity index (χ2v) is 9.30. The first-order valence-corrected chi connectivity index (χ1v) is 11.7. The van der Waals surface area contributed by atoms with Crippen LogP contribution in [0.5, 0.6) is 5.75 Å². The average molecular weight is 485 g/mol. The van der Waals surface area contributed by atoms with Crippen molar-refractivity contribution >= 4 is 41.0 Å². The lowest BCUT2D eigenvalue weighted by Crippen LogP contribution is -2.44. The highest BCUT2D eigenvalue weighted by Gasteiger charge is 2.64. The third kappa shape index (κ3) is 3.13. The molecule has 0 unspecified atom stereocenters. The lowest BCUT2D eigenvalue weighted by atomic mass is 9.83. The summed E-state index contributed by atoms with van der Waals surface area (Å²) in [6, 6.07) is 20.1. The number of nitrogens with zero attached hydrogens (tertiary/aromatic N) is 2. The highest BCUT2D eigenvalue weighted by atomic mass is 35.5. The summed E-state index contributed by atoms with van der Waals surface area (Å²) in [4.78, 5) is 44.7. The summed E-state index contributed by atoms with van der Waals surface area (Å²) >= 11 is 6.39. The number of para-hydroxylation sites is 1. The molecule has 3 aliphatic rings. The number of carbonyl (C=O) groups is 3. The van der Waals surface area contributed by atoms with Crippen LogP contribution >= 0.6 is 11.6 Å². The molecule has 3 aliphatic heterocycles. The van der Waals surface area contributed by atoms with Gasteiger partial charge in [-0.05, 0) is 53.6 Å². The van der Waals surface area contributed by atoms with Crippen molar-refractivity contribution in [2.45, 2.75) is 12.1 Å². The summed E-state index contributed by atoms with van der Waals surface area (Å²) in [5.74, 6) is -1.87. The third-order valence-corrected chi connectivity index (χ3v) is 7.52. The van der Waals surface area contributed by atoms with Gasteiger partial charge >= 0.3 is 0 Å². The van der Waals surface area contributed by atoms with Gasteiger partial charge in [-0.1, -0.05) is 48.0 Å². The zero-order valence-electron chi connectivity index (χ0n) is 18.8. The normalized spacial score (nSPS) is 24.3. The second-order valence-electron chi connectivity index (χ2n) is 8.89. The van der Waals surface area contributed by atoms with Gasteiger partial charge in [0.2, 0.25) is 11.8 Å². The Labute approximate surface area is 207 Å². The molecule has 2 saturated heterocycles. The lowest BCUT2D eigenvalue weighted by Gasteiger charge is -2.35. The van der Waals surface area contributed by atoms with Crippen LogP contribution in [0, 0.1) is 11.8 Å². The predicted octanol–water partition coefficient (Wildman–Crippen LogP) is 4.75. The van der Waals surface area contributed by atoms with Crippen molar-refractivity contribution in [2.24, 2.45) is 11.8 Å². The molecule has 0 radical (unpaired) electrons. The number of hydrogen-bond acceptors (Lipinski definition) is 5. The molecule has 0 bridgehead atoms. The number of ether oxygens (including phenoxy) is 1. The highest BCUT2D eigenvalue weighted by molar-refractivity contribution is 6.36. The molecule has 6 nitrogen and oxygen atoms in total. The molecule has 174 valence electrons. The number of benzene rings is 3. The van der Waals surface area contributed by atoms with Crippen molar-refractivity contribution in [3.05, 3.63) is 101 Å². The Morgan fingerprint density at radius 2 is 1.57 bits per heavy atom. The van der Waals surface area contributed by atoms with Crippen LogP contribution in [0.4, 0.5) is 5.69 Å². The smallest absolute Gasteiger partial charge is 0.240 e. The van der Waals surface area contributed by atoms with Gasteiger partial charge in [0.25, 0.3) is 0 Å². The van der Waals surface area contributed by atoms with Crippen molar-refractivity contribution in [1.29, 1.82) is 0 Å². The van der Waals surface area contributed by atoms with E-state index in [1.807, 2.05) is 41.4 Å². The van der Waals surface area contributed by atoms with E-state index in [0.29, 0.717) is 22.0 Å². The number of methoxy groups -OCH3 is 1. The fourth-order valence-corrected chi connectivity index (χ4v) is 5.87. The Morgan fingerprint density at radius 3 is 2.31 bits per heavy atom. The molecule has 4 atom stereocenters. The predicted molar refractivity (Wildman–Crippen MR) is 132 cm³/mol. The van der Waals surface area contributed by atoms with Gasteiger partial charge in [-0.2, -0.15) is 0 Å². The molecular formula is C28H21ClN2O4. The van der Waals surface area contributed by atoms with Crippen LogP contribution in [0.15, 0.2) is 79.0 Å². The molecule has 3 aromatic rings. The Kier molecular flexibility index (Phi) is 5.00. The zero-order valence-corrected chi connectivity index (χ0v) is 19.6. The van der Waals surface area contributed by atoms with Crippen LogP contribution < -0.4 is 9.64 Å². The van der Waals surface area contributed by atoms with E-state index in [4.69, 9.17) is 16.3 Å². The van der Waals surface area contributed by atoms with E-state index in [1.54, 1.807) is 55.6 Å². The molecular weight excluding hydrogens is 464 g/mol. The fourth-order valence-electron chi connectivity index (χ4n) is 5.65. The minimum Gasteiger partial charge on any atom is -0.497 e. The van der Waals surface area contributed by atoms with Crippen LogP contribution in [-0.2, 0) is 9.59 Å². The molecule has 0 saturated carbocycles. The largest absolute Gasteiger partial charge is 0.497 e. The summed E-state index contributed by atoms with van der Waals surface area (Å²) in [6.07, 6.45) is 3.78. The minimum atomic E-state index is -0.839. The third-order valence-electron chi connectivity index (χ3n) is 7.20. The van der Waals surface area contributed by atoms with Crippen LogP contribution in [-0.4, -0.2) is 35.6 Å². The Hall–Kier alpha value is -3.90. The standard InChI is InChI=1S/C28H21ClN2O4/c1-35-18-12-10-17(11-13-18)26(32)25-23-22(24-19-7-3-2-6-16(19)14-15-30(24)25)27(33)31(28(23)34)21-9-5-4-8-20(21)29/h2-15,22-25H,1H3/t22-,23-,24+,25+/m0/s1. The van der Waals surface area contributed by atoms with Crippen molar-refractivity contribution in [3.8, 4) is 5.75 Å². The summed E-state index contributed by atoms with van der Waals surface area (Å²) in [6.45, 7) is 0. The van der Waals surface area contributed by atoms with Crippen LogP contribution in [0.25, 0.3) is 6.08 Å². The molecule has 0 aromatic heterocycles. The Balaban J connectivity index is 1.49. The molecule has 0 N–H and O–H groups in total. The van der Waals surface area contributed by atoms with E-state index in [1.165, 1.54) is 4.90 Å². The van der Waals surface area contributed by atoms with E-state index in [2.05, 4.69) is 0 Å². The van der Waals surface area contributed by atoms with Crippen LogP contribution in [0.2, 0.25) is 5.02 Å². The molecule has 35 heavy (non-hydrogen) atoms. The number of anilines is 1. The monoisotopic (exact) mass is 484 g/mol. The molecule has 6 rings (SSSR count). The minimum absolute atomic E-state index is 0.212. The van der Waals surface area contributed by atoms with E-state index < -0.39 is 29.8 Å². The van der Waals surface area contributed by atoms with Gasteiger partial charge in [0.15, 0.2) is 5.78 Å². The zero-order chi connectivity index (χ0) is 24.3. The number of rotatable bonds is 4. The van der Waals surface area contributed by atoms with Gasteiger partial charge in [0.05, 0.1) is 35.7 Å². The summed E-state index contributed by atoms with van der Waals surface area (Å²) in [7, 11) is 1.56. The van der Waals surface area contributed by atoms with E-state index in [-0.39, 0.29) is 11.7 Å². The maximum Gasteiger partial charge on any atom is 0.240 e.